The van der Waals surface area contributed by atoms with E-state index < -0.39 is 5.54 Å². The lowest BCUT2D eigenvalue weighted by Crippen LogP contribution is -2.69. The van der Waals surface area contributed by atoms with Crippen molar-refractivity contribution in [3.8, 4) is 6.07 Å². The maximum Gasteiger partial charge on any atom is 0.251 e. The van der Waals surface area contributed by atoms with Gasteiger partial charge >= 0.3 is 0 Å². The summed E-state index contributed by atoms with van der Waals surface area (Å²) >= 11 is 6.18. The molecule has 2 aliphatic rings. The van der Waals surface area contributed by atoms with Gasteiger partial charge in [0.15, 0.2) is 0 Å². The van der Waals surface area contributed by atoms with Crippen LogP contribution in [-0.2, 0) is 16.1 Å². The fraction of sp³-hybridized carbons (Fsp3) is 0.417. The lowest BCUT2D eigenvalue weighted by atomic mass is 9.89. The van der Waals surface area contributed by atoms with Crippen molar-refractivity contribution in [3.63, 3.8) is 0 Å². The van der Waals surface area contributed by atoms with E-state index in [0.717, 1.165) is 11.1 Å². The average Bonchev–Trinajstić information content (AvgIpc) is 3.22. The van der Waals surface area contributed by atoms with E-state index in [-0.39, 0.29) is 24.4 Å². The first-order valence-corrected chi connectivity index (χ1v) is 11.1. The number of nitriles is 1. The van der Waals surface area contributed by atoms with Crippen molar-refractivity contribution in [3.05, 3.63) is 58.2 Å². The molecular weight excluding hydrogens is 426 g/mol. The van der Waals surface area contributed by atoms with Crippen LogP contribution in [0.15, 0.2) is 36.5 Å². The molecule has 0 N–H and O–H groups in total. The lowest BCUT2D eigenvalue weighted by molar-refractivity contribution is -0.166. The van der Waals surface area contributed by atoms with Crippen LogP contribution in [0.4, 0.5) is 5.82 Å². The fourth-order valence-corrected chi connectivity index (χ4v) is 4.71. The number of benzene rings is 1. The number of pyridine rings is 1. The number of carbonyl (C=O) groups excluding carboxylic acids is 2. The first-order valence-electron chi connectivity index (χ1n) is 10.7. The number of nitrogens with zero attached hydrogens (tertiary/aromatic N) is 5. The van der Waals surface area contributed by atoms with Crippen molar-refractivity contribution in [1.82, 2.24) is 14.8 Å². The Morgan fingerprint density at radius 1 is 1.25 bits per heavy atom. The SMILES string of the molecule is Cc1cc(CN2C(=O)CN(C(C)C)C(=O)C23CCN(c2ccc(C#N)cn2)C3)ccc1Cl. The van der Waals surface area contributed by atoms with E-state index in [1.54, 1.807) is 21.9 Å². The van der Waals surface area contributed by atoms with Crippen LogP contribution in [0.5, 0.6) is 0 Å². The van der Waals surface area contributed by atoms with Crippen LogP contribution in [0.25, 0.3) is 0 Å². The Morgan fingerprint density at radius 3 is 2.66 bits per heavy atom. The summed E-state index contributed by atoms with van der Waals surface area (Å²) in [5.41, 5.74) is 1.41. The molecule has 4 rings (SSSR count). The Balaban J connectivity index is 1.69. The third-order valence-electron chi connectivity index (χ3n) is 6.42. The summed E-state index contributed by atoms with van der Waals surface area (Å²) in [4.78, 5) is 36.9. The molecule has 0 saturated carbocycles. The van der Waals surface area contributed by atoms with Crippen LogP contribution in [0.1, 0.15) is 37.0 Å². The molecule has 1 unspecified atom stereocenters. The maximum absolute atomic E-state index is 13.8. The molecule has 1 atom stereocenters. The number of halogens is 1. The summed E-state index contributed by atoms with van der Waals surface area (Å²) in [6.07, 6.45) is 2.05. The molecule has 166 valence electrons. The second-order valence-electron chi connectivity index (χ2n) is 8.81. The Morgan fingerprint density at radius 2 is 2.03 bits per heavy atom. The van der Waals surface area contributed by atoms with E-state index >= 15 is 0 Å². The predicted molar refractivity (Wildman–Crippen MR) is 122 cm³/mol. The van der Waals surface area contributed by atoms with Crippen LogP contribution in [0.3, 0.4) is 0 Å². The van der Waals surface area contributed by atoms with Gasteiger partial charge in [-0.2, -0.15) is 5.26 Å². The van der Waals surface area contributed by atoms with E-state index in [1.807, 2.05) is 43.9 Å². The minimum absolute atomic E-state index is 0.0195. The molecule has 1 aromatic carbocycles. The normalized spacial score (nSPS) is 21.1. The van der Waals surface area contributed by atoms with Crippen LogP contribution >= 0.6 is 11.6 Å². The molecule has 32 heavy (non-hydrogen) atoms. The van der Waals surface area contributed by atoms with Crippen molar-refractivity contribution in [2.75, 3.05) is 24.5 Å². The molecule has 2 fully saturated rings. The summed E-state index contributed by atoms with van der Waals surface area (Å²) < 4.78 is 0. The summed E-state index contributed by atoms with van der Waals surface area (Å²) in [5, 5.41) is 9.72. The van der Waals surface area contributed by atoms with Gasteiger partial charge in [0.05, 0.1) is 12.1 Å². The van der Waals surface area contributed by atoms with Crippen LogP contribution in [0, 0.1) is 18.3 Å². The second kappa shape index (κ2) is 8.44. The highest BCUT2D eigenvalue weighted by atomic mass is 35.5. The summed E-state index contributed by atoms with van der Waals surface area (Å²) in [6.45, 7) is 7.20. The van der Waals surface area contributed by atoms with Crippen molar-refractivity contribution in [1.29, 1.82) is 5.26 Å². The number of hydrogen-bond donors (Lipinski definition) is 0. The lowest BCUT2D eigenvalue weighted by Gasteiger charge is -2.48. The zero-order valence-corrected chi connectivity index (χ0v) is 19.3. The van der Waals surface area contributed by atoms with Gasteiger partial charge < -0.3 is 14.7 Å². The number of rotatable bonds is 4. The quantitative estimate of drug-likeness (QED) is 0.713. The van der Waals surface area contributed by atoms with Crippen molar-refractivity contribution < 1.29 is 9.59 Å². The number of carbonyl (C=O) groups is 2. The van der Waals surface area contributed by atoms with Gasteiger partial charge in [-0.05, 0) is 56.5 Å². The van der Waals surface area contributed by atoms with Gasteiger partial charge in [0.25, 0.3) is 5.91 Å². The minimum Gasteiger partial charge on any atom is -0.354 e. The Hall–Kier alpha value is -3.11. The van der Waals surface area contributed by atoms with Crippen molar-refractivity contribution in [2.45, 2.75) is 45.3 Å². The number of anilines is 1. The molecule has 7 nitrogen and oxygen atoms in total. The predicted octanol–water partition coefficient (Wildman–Crippen LogP) is 3.14. The highest BCUT2D eigenvalue weighted by Crippen LogP contribution is 2.37. The fourth-order valence-electron chi connectivity index (χ4n) is 4.59. The molecule has 2 aromatic rings. The maximum atomic E-state index is 13.8. The van der Waals surface area contributed by atoms with Gasteiger partial charge in [-0.15, -0.1) is 0 Å². The number of hydrogen-bond acceptors (Lipinski definition) is 5. The smallest absolute Gasteiger partial charge is 0.251 e. The Labute approximate surface area is 193 Å². The Kier molecular flexibility index (Phi) is 5.83. The van der Waals surface area contributed by atoms with Crippen LogP contribution in [0.2, 0.25) is 5.02 Å². The zero-order valence-electron chi connectivity index (χ0n) is 18.5. The topological polar surface area (TPSA) is 80.5 Å². The summed E-state index contributed by atoms with van der Waals surface area (Å²) in [7, 11) is 0. The first-order chi connectivity index (χ1) is 15.2. The molecule has 0 radical (unpaired) electrons. The van der Waals surface area contributed by atoms with Gasteiger partial charge in [-0.3, -0.25) is 9.59 Å². The third kappa shape index (κ3) is 3.80. The van der Waals surface area contributed by atoms with E-state index in [2.05, 4.69) is 11.1 Å². The number of amides is 2. The van der Waals surface area contributed by atoms with Crippen molar-refractivity contribution in [2.24, 2.45) is 0 Å². The number of aryl methyl sites for hydroxylation is 1. The van der Waals surface area contributed by atoms with E-state index in [1.165, 1.54) is 6.20 Å². The van der Waals surface area contributed by atoms with Gasteiger partial charge in [-0.25, -0.2) is 4.98 Å². The van der Waals surface area contributed by atoms with Crippen LogP contribution < -0.4 is 4.90 Å². The number of piperazine rings is 1. The molecule has 1 spiro atoms. The van der Waals surface area contributed by atoms with Gasteiger partial charge in [0.1, 0.15) is 24.0 Å². The van der Waals surface area contributed by atoms with E-state index in [9.17, 15) is 9.59 Å². The molecule has 2 amide bonds. The molecular formula is C24H26ClN5O2. The average molecular weight is 452 g/mol. The highest BCUT2D eigenvalue weighted by Gasteiger charge is 2.56. The summed E-state index contributed by atoms with van der Waals surface area (Å²) in [5.74, 6) is 0.625. The molecule has 2 saturated heterocycles. The zero-order chi connectivity index (χ0) is 23.0. The minimum atomic E-state index is -0.956. The first kappa shape index (κ1) is 22.1. The highest BCUT2D eigenvalue weighted by molar-refractivity contribution is 6.31. The van der Waals surface area contributed by atoms with E-state index in [0.29, 0.717) is 42.5 Å². The molecule has 1 aromatic heterocycles. The van der Waals surface area contributed by atoms with Gasteiger partial charge in [0.2, 0.25) is 5.91 Å². The standard InChI is InChI=1S/C24H26ClN5O2/c1-16(2)29-14-22(31)30(13-18-4-6-20(25)17(3)10-18)24(23(29)32)8-9-28(15-24)21-7-5-19(11-26)12-27-21/h4-7,10,12,16H,8-9,13-15H2,1-3H3. The monoisotopic (exact) mass is 451 g/mol. The molecule has 2 aliphatic heterocycles. The largest absolute Gasteiger partial charge is 0.354 e. The second-order valence-corrected chi connectivity index (χ2v) is 9.22. The molecule has 0 aliphatic carbocycles. The van der Waals surface area contributed by atoms with E-state index in [4.69, 9.17) is 16.9 Å². The Bertz CT molecular complexity index is 1090. The summed E-state index contributed by atoms with van der Waals surface area (Å²) in [6, 6.07) is 11.2. The van der Waals surface area contributed by atoms with Gasteiger partial charge in [0, 0.05) is 30.4 Å². The van der Waals surface area contributed by atoms with Gasteiger partial charge in [-0.1, -0.05) is 23.7 Å². The third-order valence-corrected chi connectivity index (χ3v) is 6.84. The van der Waals surface area contributed by atoms with Crippen molar-refractivity contribution >= 4 is 29.2 Å². The molecule has 3 heterocycles. The van der Waals surface area contributed by atoms with Crippen LogP contribution in [-0.4, -0.2) is 57.8 Å². The molecule has 0 bridgehead atoms. The molecule has 8 heteroatoms. The number of aromatic nitrogens is 1.